The first kappa shape index (κ1) is 30.0. The summed E-state index contributed by atoms with van der Waals surface area (Å²) >= 11 is 0. The summed E-state index contributed by atoms with van der Waals surface area (Å²) in [4.78, 5) is 25.6. The van der Waals surface area contributed by atoms with Gasteiger partial charge in [0.2, 0.25) is 0 Å². The molecule has 8 heteroatoms. The first-order valence-corrected chi connectivity index (χ1v) is 15.2. The first-order chi connectivity index (χ1) is 22.6. The van der Waals surface area contributed by atoms with E-state index >= 15 is 0 Å². The van der Waals surface area contributed by atoms with E-state index in [9.17, 15) is 27.9 Å². The van der Waals surface area contributed by atoms with E-state index < -0.39 is 23.2 Å². The Morgan fingerprint density at radius 1 is 0.745 bits per heavy atom. The van der Waals surface area contributed by atoms with Gasteiger partial charge in [-0.05, 0) is 94.8 Å². The number of carboxylic acids is 1. The highest BCUT2D eigenvalue weighted by atomic mass is 19.4. The Morgan fingerprint density at radius 3 is 2.11 bits per heavy atom. The number of alkyl halides is 3. The van der Waals surface area contributed by atoms with E-state index in [4.69, 9.17) is 0 Å². The van der Waals surface area contributed by atoms with Gasteiger partial charge in [0.1, 0.15) is 0 Å². The number of carbonyl (C=O) groups is 2. The topological polar surface area (TPSA) is 71.3 Å². The number of nitrogens with one attached hydrogen (secondary N) is 1. The van der Waals surface area contributed by atoms with Crippen LogP contribution in [0, 0.1) is 0 Å². The monoisotopic (exact) mass is 630 g/mol. The highest BCUT2D eigenvalue weighted by Gasteiger charge is 2.46. The standard InChI is InChI=1S/C39H29F3N2O3/c40-39(41,42)33-11-5-10-29(22-33)31-21-30-16-19-44(24-25-6-4-9-28(20-25)26-7-2-1-3-8-26)35(30)34(23-31)36(45)43-38(17-18-38)32-14-12-27(13-15-32)37(46)47/h1-16,19-23H,17-18,24H2,(H,43,45)(H,46,47). The van der Waals surface area contributed by atoms with Crippen LogP contribution in [-0.4, -0.2) is 21.6 Å². The average molecular weight is 631 g/mol. The molecule has 1 aromatic heterocycles. The number of rotatable bonds is 8. The van der Waals surface area contributed by atoms with E-state index in [0.29, 0.717) is 41.6 Å². The third kappa shape index (κ3) is 6.02. The van der Waals surface area contributed by atoms with Gasteiger partial charge in [-0.3, -0.25) is 4.79 Å². The van der Waals surface area contributed by atoms with Crippen molar-refractivity contribution in [2.75, 3.05) is 0 Å². The molecule has 0 spiro atoms. The van der Waals surface area contributed by atoms with Gasteiger partial charge in [-0.15, -0.1) is 0 Å². The van der Waals surface area contributed by atoms with E-state index in [1.165, 1.54) is 18.2 Å². The molecule has 1 heterocycles. The molecule has 1 amide bonds. The van der Waals surface area contributed by atoms with E-state index in [-0.39, 0.29) is 11.5 Å². The van der Waals surface area contributed by atoms with E-state index in [1.54, 1.807) is 24.3 Å². The van der Waals surface area contributed by atoms with Crippen LogP contribution in [0.1, 0.15) is 50.2 Å². The zero-order valence-electron chi connectivity index (χ0n) is 25.1. The van der Waals surface area contributed by atoms with Crippen LogP contribution >= 0.6 is 0 Å². The fourth-order valence-corrected chi connectivity index (χ4v) is 6.20. The summed E-state index contributed by atoms with van der Waals surface area (Å²) < 4.78 is 42.8. The number of halogens is 3. The molecule has 47 heavy (non-hydrogen) atoms. The molecular formula is C39H29F3N2O3. The van der Waals surface area contributed by atoms with Crippen molar-refractivity contribution in [2.24, 2.45) is 0 Å². The third-order valence-corrected chi connectivity index (χ3v) is 8.80. The minimum Gasteiger partial charge on any atom is -0.478 e. The minimum atomic E-state index is -4.51. The van der Waals surface area contributed by atoms with Crippen molar-refractivity contribution in [1.82, 2.24) is 9.88 Å². The van der Waals surface area contributed by atoms with E-state index in [2.05, 4.69) is 11.4 Å². The van der Waals surface area contributed by atoms with Gasteiger partial charge in [0.25, 0.3) is 5.91 Å². The molecule has 0 radical (unpaired) electrons. The number of benzene rings is 5. The van der Waals surface area contributed by atoms with Gasteiger partial charge < -0.3 is 15.0 Å². The zero-order chi connectivity index (χ0) is 32.8. The number of fused-ring (bicyclic) bond motifs is 1. The summed E-state index contributed by atoms with van der Waals surface area (Å²) in [6.45, 7) is 0.467. The lowest BCUT2D eigenvalue weighted by molar-refractivity contribution is -0.137. The summed E-state index contributed by atoms with van der Waals surface area (Å²) in [6.07, 6.45) is -1.26. The Balaban J connectivity index is 1.30. The third-order valence-electron chi connectivity index (χ3n) is 8.80. The minimum absolute atomic E-state index is 0.153. The van der Waals surface area contributed by atoms with Crippen LogP contribution in [0.2, 0.25) is 0 Å². The van der Waals surface area contributed by atoms with Crippen molar-refractivity contribution in [2.45, 2.75) is 31.1 Å². The average Bonchev–Trinajstić information content (AvgIpc) is 3.76. The Labute approximate surface area is 268 Å². The molecule has 2 N–H and O–H groups in total. The van der Waals surface area contributed by atoms with Gasteiger partial charge in [0, 0.05) is 18.1 Å². The highest BCUT2D eigenvalue weighted by Crippen LogP contribution is 2.46. The molecule has 1 fully saturated rings. The SMILES string of the molecule is O=C(O)c1ccc(C2(NC(=O)c3cc(-c4cccc(C(F)(F)F)c4)cc4ccn(Cc5cccc(-c6ccccc6)c5)c34)CC2)cc1. The summed E-state index contributed by atoms with van der Waals surface area (Å²) in [6, 6.07) is 35.1. The Morgan fingerprint density at radius 2 is 1.43 bits per heavy atom. The maximum absolute atomic E-state index is 14.2. The number of hydrogen-bond donors (Lipinski definition) is 2. The Hall–Kier alpha value is -5.63. The molecule has 234 valence electrons. The molecule has 5 nitrogen and oxygen atoms in total. The van der Waals surface area contributed by atoms with E-state index in [1.807, 2.05) is 71.4 Å². The number of hydrogen-bond acceptors (Lipinski definition) is 2. The van der Waals surface area contributed by atoms with Crippen LogP contribution in [0.15, 0.2) is 128 Å². The van der Waals surface area contributed by atoms with Crippen LogP contribution in [0.25, 0.3) is 33.2 Å². The lowest BCUT2D eigenvalue weighted by Crippen LogP contribution is -2.35. The molecule has 0 saturated heterocycles. The van der Waals surface area contributed by atoms with Crippen molar-refractivity contribution in [3.8, 4) is 22.3 Å². The second-order valence-electron chi connectivity index (χ2n) is 12.0. The maximum atomic E-state index is 14.2. The fraction of sp³-hybridized carbons (Fsp3) is 0.128. The molecule has 0 unspecified atom stereocenters. The highest BCUT2D eigenvalue weighted by molar-refractivity contribution is 6.08. The molecule has 1 aliphatic carbocycles. The summed E-state index contributed by atoms with van der Waals surface area (Å²) in [5.74, 6) is -1.39. The van der Waals surface area contributed by atoms with Crippen molar-refractivity contribution in [3.05, 3.63) is 155 Å². The van der Waals surface area contributed by atoms with Gasteiger partial charge in [-0.1, -0.05) is 72.8 Å². The van der Waals surface area contributed by atoms with Crippen LogP contribution < -0.4 is 5.32 Å². The number of aromatic nitrogens is 1. The van der Waals surface area contributed by atoms with Crippen LogP contribution in [0.5, 0.6) is 0 Å². The molecule has 1 aliphatic rings. The van der Waals surface area contributed by atoms with Crippen molar-refractivity contribution in [1.29, 1.82) is 0 Å². The summed E-state index contributed by atoms with van der Waals surface area (Å²) in [5.41, 5.74) is 4.56. The molecule has 0 bridgehead atoms. The number of amides is 1. The van der Waals surface area contributed by atoms with E-state index in [0.717, 1.165) is 39.8 Å². The number of nitrogens with zero attached hydrogens (tertiary/aromatic N) is 1. The molecular weight excluding hydrogens is 601 g/mol. The lowest BCUT2D eigenvalue weighted by atomic mass is 9.97. The Kier molecular flexibility index (Phi) is 7.43. The zero-order valence-corrected chi connectivity index (χ0v) is 25.1. The smallest absolute Gasteiger partial charge is 0.416 e. The second-order valence-corrected chi connectivity index (χ2v) is 12.0. The van der Waals surface area contributed by atoms with Crippen LogP contribution in [0.3, 0.4) is 0 Å². The van der Waals surface area contributed by atoms with Gasteiger partial charge >= 0.3 is 12.1 Å². The molecule has 0 aliphatic heterocycles. The fourth-order valence-electron chi connectivity index (χ4n) is 6.20. The normalized spacial score (nSPS) is 13.8. The predicted molar refractivity (Wildman–Crippen MR) is 175 cm³/mol. The summed E-state index contributed by atoms with van der Waals surface area (Å²) in [7, 11) is 0. The largest absolute Gasteiger partial charge is 0.478 e. The van der Waals surface area contributed by atoms with Gasteiger partial charge in [0.05, 0.1) is 27.7 Å². The first-order valence-electron chi connectivity index (χ1n) is 15.2. The quantitative estimate of drug-likeness (QED) is 0.176. The lowest BCUT2D eigenvalue weighted by Gasteiger charge is -2.20. The van der Waals surface area contributed by atoms with Gasteiger partial charge in [0.15, 0.2) is 0 Å². The molecule has 7 rings (SSSR count). The molecule has 1 saturated carbocycles. The van der Waals surface area contributed by atoms with Gasteiger partial charge in [-0.25, -0.2) is 4.79 Å². The molecule has 6 aromatic rings. The summed E-state index contributed by atoms with van der Waals surface area (Å²) in [5, 5.41) is 13.2. The Bertz CT molecular complexity index is 2130. The number of carboxylic acid groups (broad SMARTS) is 1. The maximum Gasteiger partial charge on any atom is 0.416 e. The second kappa shape index (κ2) is 11.6. The number of aromatic carboxylic acids is 1. The van der Waals surface area contributed by atoms with Crippen molar-refractivity contribution >= 4 is 22.8 Å². The number of carbonyl (C=O) groups excluding carboxylic acids is 1. The molecule has 5 aromatic carbocycles. The predicted octanol–water partition coefficient (Wildman–Crippen LogP) is 9.16. The van der Waals surface area contributed by atoms with Crippen LogP contribution in [-0.2, 0) is 18.3 Å². The van der Waals surface area contributed by atoms with Crippen molar-refractivity contribution in [3.63, 3.8) is 0 Å². The molecule has 0 atom stereocenters. The van der Waals surface area contributed by atoms with Gasteiger partial charge in [-0.2, -0.15) is 13.2 Å². The van der Waals surface area contributed by atoms with Crippen LogP contribution in [0.4, 0.5) is 13.2 Å². The van der Waals surface area contributed by atoms with Crippen molar-refractivity contribution < 1.29 is 27.9 Å².